The van der Waals surface area contributed by atoms with Gasteiger partial charge in [-0.3, -0.25) is 0 Å². The Hall–Kier alpha value is -1.77. The average Bonchev–Trinajstić information content (AvgIpc) is 2.46. The van der Waals surface area contributed by atoms with Gasteiger partial charge >= 0.3 is 5.97 Å². The number of benzene rings is 1. The maximum absolute atomic E-state index is 11.7. The molecule has 0 aromatic heterocycles. The maximum Gasteiger partial charge on any atom is 0.331 e. The largest absolute Gasteiger partial charge is 0.459 e. The minimum absolute atomic E-state index is 0.122. The van der Waals surface area contributed by atoms with Gasteiger partial charge in [0, 0.05) is 25.9 Å². The Morgan fingerprint density at radius 3 is 2.40 bits per heavy atom. The van der Waals surface area contributed by atoms with Crippen molar-refractivity contribution in [3.05, 3.63) is 35.9 Å². The summed E-state index contributed by atoms with van der Waals surface area (Å²) >= 11 is 0. The molecule has 1 aromatic carbocycles. The van der Waals surface area contributed by atoms with Crippen molar-refractivity contribution in [1.29, 1.82) is 0 Å². The minimum Gasteiger partial charge on any atom is -0.459 e. The molecule has 0 unspecified atom stereocenters. The van der Waals surface area contributed by atoms with Crippen molar-refractivity contribution in [3.63, 3.8) is 0 Å². The summed E-state index contributed by atoms with van der Waals surface area (Å²) in [5, 5.41) is 0. The zero-order valence-corrected chi connectivity index (χ0v) is 12.3. The summed E-state index contributed by atoms with van der Waals surface area (Å²) < 4.78 is 5.44. The van der Waals surface area contributed by atoms with Gasteiger partial charge in [0.15, 0.2) is 0 Å². The molecule has 0 saturated heterocycles. The van der Waals surface area contributed by atoms with Gasteiger partial charge in [-0.1, -0.05) is 18.6 Å². The molecule has 1 aliphatic rings. The van der Waals surface area contributed by atoms with E-state index in [9.17, 15) is 4.79 Å². The van der Waals surface area contributed by atoms with Crippen molar-refractivity contribution in [2.24, 2.45) is 0 Å². The highest BCUT2D eigenvalue weighted by molar-refractivity contribution is 5.87. The van der Waals surface area contributed by atoms with Gasteiger partial charge in [0.05, 0.1) is 0 Å². The van der Waals surface area contributed by atoms with Crippen molar-refractivity contribution in [2.75, 3.05) is 19.0 Å². The molecule has 1 aliphatic carbocycles. The van der Waals surface area contributed by atoms with Crippen LogP contribution in [0.5, 0.6) is 0 Å². The van der Waals surface area contributed by atoms with E-state index in [1.165, 1.54) is 25.3 Å². The van der Waals surface area contributed by atoms with Gasteiger partial charge in [-0.05, 0) is 49.5 Å². The van der Waals surface area contributed by atoms with E-state index in [1.54, 1.807) is 0 Å². The van der Waals surface area contributed by atoms with Crippen LogP contribution in [0.2, 0.25) is 0 Å². The predicted molar refractivity (Wildman–Crippen MR) is 82.8 cm³/mol. The summed E-state index contributed by atoms with van der Waals surface area (Å²) in [5.74, 6) is -0.228. The quantitative estimate of drug-likeness (QED) is 0.619. The molecule has 1 fully saturated rings. The molecule has 108 valence electrons. The monoisotopic (exact) mass is 273 g/mol. The first kappa shape index (κ1) is 14.6. The van der Waals surface area contributed by atoms with Crippen LogP contribution in [-0.2, 0) is 9.53 Å². The molecule has 0 heterocycles. The maximum atomic E-state index is 11.7. The highest BCUT2D eigenvalue weighted by Crippen LogP contribution is 2.20. The van der Waals surface area contributed by atoms with Crippen LogP contribution < -0.4 is 4.90 Å². The molecule has 3 nitrogen and oxygen atoms in total. The summed E-state index contributed by atoms with van der Waals surface area (Å²) in [4.78, 5) is 13.8. The predicted octanol–water partition coefficient (Wildman–Crippen LogP) is 3.64. The third-order valence-corrected chi connectivity index (χ3v) is 3.66. The van der Waals surface area contributed by atoms with Crippen LogP contribution >= 0.6 is 0 Å². The minimum atomic E-state index is -0.228. The molecular weight excluding hydrogens is 250 g/mol. The van der Waals surface area contributed by atoms with Gasteiger partial charge in [0.25, 0.3) is 0 Å². The lowest BCUT2D eigenvalue weighted by molar-refractivity contribution is -0.144. The summed E-state index contributed by atoms with van der Waals surface area (Å²) in [7, 11) is 4.01. The zero-order valence-electron chi connectivity index (χ0n) is 12.3. The SMILES string of the molecule is CN(C)c1ccc(C=CC(=O)OC2CCCCC2)cc1. The lowest BCUT2D eigenvalue weighted by Gasteiger charge is -2.20. The lowest BCUT2D eigenvalue weighted by atomic mass is 9.98. The number of esters is 1. The number of nitrogens with zero attached hydrogens (tertiary/aromatic N) is 1. The second kappa shape index (κ2) is 7.13. The summed E-state index contributed by atoms with van der Waals surface area (Å²) in [5.41, 5.74) is 2.16. The number of anilines is 1. The van der Waals surface area contributed by atoms with Gasteiger partial charge in [-0.2, -0.15) is 0 Å². The topological polar surface area (TPSA) is 29.5 Å². The molecule has 2 rings (SSSR count). The van der Waals surface area contributed by atoms with E-state index < -0.39 is 0 Å². The fraction of sp³-hybridized carbons (Fsp3) is 0.471. The second-order valence-corrected chi connectivity index (χ2v) is 5.52. The summed E-state index contributed by atoms with van der Waals surface area (Å²) in [6.45, 7) is 0. The molecule has 20 heavy (non-hydrogen) atoms. The molecule has 0 aliphatic heterocycles. The van der Waals surface area contributed by atoms with Crippen LogP contribution in [0, 0.1) is 0 Å². The highest BCUT2D eigenvalue weighted by atomic mass is 16.5. The molecule has 3 heteroatoms. The van der Waals surface area contributed by atoms with Crippen molar-refractivity contribution in [3.8, 4) is 0 Å². The molecule has 0 atom stereocenters. The number of hydrogen-bond donors (Lipinski definition) is 0. The van der Waals surface area contributed by atoms with Crippen LogP contribution in [0.1, 0.15) is 37.7 Å². The molecule has 0 N–H and O–H groups in total. The number of rotatable bonds is 4. The Balaban J connectivity index is 1.86. The van der Waals surface area contributed by atoms with E-state index in [-0.39, 0.29) is 12.1 Å². The Morgan fingerprint density at radius 1 is 1.15 bits per heavy atom. The van der Waals surface area contributed by atoms with Gasteiger partial charge in [-0.25, -0.2) is 4.79 Å². The molecule has 0 bridgehead atoms. The molecule has 0 spiro atoms. The van der Waals surface area contributed by atoms with Crippen LogP contribution in [-0.4, -0.2) is 26.2 Å². The number of hydrogen-bond acceptors (Lipinski definition) is 3. The summed E-state index contributed by atoms with van der Waals surface area (Å²) in [6, 6.07) is 8.07. The van der Waals surface area contributed by atoms with Crippen LogP contribution in [0.4, 0.5) is 5.69 Å². The first-order chi connectivity index (χ1) is 9.65. The molecule has 0 radical (unpaired) electrons. The van der Waals surface area contributed by atoms with Gasteiger partial charge in [0.2, 0.25) is 0 Å². The molecular formula is C17H23NO2. The molecule has 1 saturated carbocycles. The summed E-state index contributed by atoms with van der Waals surface area (Å²) in [6.07, 6.45) is 9.10. The first-order valence-corrected chi connectivity index (χ1v) is 7.31. The molecule has 0 amide bonds. The average molecular weight is 273 g/mol. The zero-order chi connectivity index (χ0) is 14.4. The van der Waals surface area contributed by atoms with Crippen LogP contribution in [0.3, 0.4) is 0 Å². The third-order valence-electron chi connectivity index (χ3n) is 3.66. The van der Waals surface area contributed by atoms with Crippen molar-refractivity contribution in [1.82, 2.24) is 0 Å². The standard InChI is InChI=1S/C17H23NO2/c1-18(2)15-11-8-14(9-12-15)10-13-17(19)20-16-6-4-3-5-7-16/h8-13,16H,3-7H2,1-2H3. The van der Waals surface area contributed by atoms with Crippen molar-refractivity contribution < 1.29 is 9.53 Å². The van der Waals surface area contributed by atoms with Crippen LogP contribution in [0.15, 0.2) is 30.3 Å². The number of carbonyl (C=O) groups excluding carboxylic acids is 1. The van der Waals surface area contributed by atoms with Gasteiger partial charge in [-0.15, -0.1) is 0 Å². The lowest BCUT2D eigenvalue weighted by Crippen LogP contribution is -2.19. The number of ether oxygens (including phenoxy) is 1. The Kier molecular flexibility index (Phi) is 5.22. The third kappa shape index (κ3) is 4.41. The Labute approximate surface area is 121 Å². The van der Waals surface area contributed by atoms with Gasteiger partial charge < -0.3 is 9.64 Å². The van der Waals surface area contributed by atoms with E-state index in [0.29, 0.717) is 0 Å². The van der Waals surface area contributed by atoms with E-state index in [4.69, 9.17) is 4.74 Å². The first-order valence-electron chi connectivity index (χ1n) is 7.31. The fourth-order valence-corrected chi connectivity index (χ4v) is 2.43. The van der Waals surface area contributed by atoms with E-state index in [1.807, 2.05) is 49.3 Å². The Morgan fingerprint density at radius 2 is 1.80 bits per heavy atom. The van der Waals surface area contributed by atoms with Gasteiger partial charge in [0.1, 0.15) is 6.10 Å². The smallest absolute Gasteiger partial charge is 0.331 e. The van der Waals surface area contributed by atoms with E-state index in [0.717, 1.165) is 24.1 Å². The van der Waals surface area contributed by atoms with Crippen molar-refractivity contribution in [2.45, 2.75) is 38.2 Å². The van der Waals surface area contributed by atoms with Crippen LogP contribution in [0.25, 0.3) is 6.08 Å². The Bertz CT molecular complexity index is 456. The second-order valence-electron chi connectivity index (χ2n) is 5.52. The van der Waals surface area contributed by atoms with Crippen molar-refractivity contribution >= 4 is 17.7 Å². The van der Waals surface area contributed by atoms with E-state index >= 15 is 0 Å². The number of carbonyl (C=O) groups is 1. The fourth-order valence-electron chi connectivity index (χ4n) is 2.43. The highest BCUT2D eigenvalue weighted by Gasteiger charge is 2.16. The normalized spacial score (nSPS) is 16.3. The molecule has 1 aromatic rings. The van der Waals surface area contributed by atoms with E-state index in [2.05, 4.69) is 0 Å².